The van der Waals surface area contributed by atoms with Crippen LogP contribution in [0.25, 0.3) is 0 Å². The Morgan fingerprint density at radius 1 is 1.26 bits per heavy atom. The number of nitrogens with zero attached hydrogens (tertiary/aromatic N) is 1. The van der Waals surface area contributed by atoms with E-state index in [0.29, 0.717) is 12.2 Å². The van der Waals surface area contributed by atoms with E-state index in [2.05, 4.69) is 4.72 Å². The van der Waals surface area contributed by atoms with Gasteiger partial charge in [0.1, 0.15) is 0 Å². The van der Waals surface area contributed by atoms with Crippen molar-refractivity contribution in [2.45, 2.75) is 51.2 Å². The molecule has 1 aromatic rings. The van der Waals surface area contributed by atoms with Crippen molar-refractivity contribution in [2.24, 2.45) is 5.92 Å². The number of hydrogen-bond donors (Lipinski definition) is 1. The molecule has 0 bridgehead atoms. The van der Waals surface area contributed by atoms with E-state index >= 15 is 0 Å². The first-order valence-electron chi connectivity index (χ1n) is 8.34. The van der Waals surface area contributed by atoms with Crippen LogP contribution in [0.15, 0.2) is 18.2 Å². The predicted molar refractivity (Wildman–Crippen MR) is 92.1 cm³/mol. The number of carbonyl (C=O) groups excluding carboxylic acids is 1. The van der Waals surface area contributed by atoms with E-state index in [1.165, 1.54) is 0 Å². The Balaban J connectivity index is 1.79. The topological polar surface area (TPSA) is 66.5 Å². The van der Waals surface area contributed by atoms with Crippen LogP contribution in [0.3, 0.4) is 0 Å². The molecule has 0 unspecified atom stereocenters. The first kappa shape index (κ1) is 16.3. The summed E-state index contributed by atoms with van der Waals surface area (Å²) in [6, 6.07) is 5.49. The van der Waals surface area contributed by atoms with E-state index in [0.717, 1.165) is 43.4 Å². The highest BCUT2D eigenvalue weighted by atomic mass is 32.2. The van der Waals surface area contributed by atoms with Crippen LogP contribution in [0, 0.1) is 5.92 Å². The second-order valence-corrected chi connectivity index (χ2v) is 8.75. The van der Waals surface area contributed by atoms with Crippen LogP contribution in [-0.2, 0) is 21.2 Å². The lowest BCUT2D eigenvalue weighted by Crippen LogP contribution is -2.32. The number of amides is 1. The van der Waals surface area contributed by atoms with Gasteiger partial charge in [0.2, 0.25) is 15.9 Å². The molecule has 0 aromatic heterocycles. The monoisotopic (exact) mass is 336 g/mol. The van der Waals surface area contributed by atoms with Gasteiger partial charge in [0.05, 0.1) is 5.25 Å². The highest BCUT2D eigenvalue weighted by molar-refractivity contribution is 7.93. The van der Waals surface area contributed by atoms with Crippen molar-refractivity contribution >= 4 is 27.3 Å². The van der Waals surface area contributed by atoms with Crippen LogP contribution in [0.2, 0.25) is 0 Å². The molecule has 0 atom stereocenters. The van der Waals surface area contributed by atoms with Crippen LogP contribution >= 0.6 is 0 Å². The van der Waals surface area contributed by atoms with Crippen molar-refractivity contribution in [3.63, 3.8) is 0 Å². The molecule has 1 N–H and O–H groups in total. The summed E-state index contributed by atoms with van der Waals surface area (Å²) in [5.74, 6) is 0.0736. The molecule has 1 fully saturated rings. The fraction of sp³-hybridized carbons (Fsp3) is 0.588. The van der Waals surface area contributed by atoms with E-state index in [1.807, 2.05) is 26.0 Å². The predicted octanol–water partition coefficient (Wildman–Crippen LogP) is 2.92. The molecule has 0 spiro atoms. The second kappa shape index (κ2) is 6.15. The third-order valence-electron chi connectivity index (χ3n) is 4.74. The van der Waals surface area contributed by atoms with Gasteiger partial charge in [-0.1, -0.05) is 26.7 Å². The molecule has 6 heteroatoms. The molecule has 1 heterocycles. The average Bonchev–Trinajstić information content (AvgIpc) is 3.15. The lowest BCUT2D eigenvalue weighted by molar-refractivity contribution is -0.121. The molecular formula is C17H24N2O3S. The molecule has 1 saturated carbocycles. The highest BCUT2D eigenvalue weighted by Gasteiger charge is 2.30. The van der Waals surface area contributed by atoms with Crippen molar-refractivity contribution in [2.75, 3.05) is 16.2 Å². The third kappa shape index (κ3) is 3.22. The van der Waals surface area contributed by atoms with Crippen LogP contribution in [-0.4, -0.2) is 26.1 Å². The van der Waals surface area contributed by atoms with Crippen molar-refractivity contribution in [1.29, 1.82) is 0 Å². The molecule has 1 amide bonds. The lowest BCUT2D eigenvalue weighted by atomic mass is 10.1. The summed E-state index contributed by atoms with van der Waals surface area (Å²) in [5, 5.41) is -0.269. The minimum absolute atomic E-state index is 0.0403. The van der Waals surface area contributed by atoms with E-state index in [4.69, 9.17) is 0 Å². The van der Waals surface area contributed by atoms with Crippen LogP contribution in [0.5, 0.6) is 0 Å². The number of nitrogens with one attached hydrogen (secondary N) is 1. The Bertz CT molecular complexity index is 707. The van der Waals surface area contributed by atoms with Gasteiger partial charge >= 0.3 is 0 Å². The number of sulfonamides is 1. The molecular weight excluding hydrogens is 312 g/mol. The second-order valence-electron chi connectivity index (χ2n) is 6.79. The zero-order valence-corrected chi connectivity index (χ0v) is 14.5. The lowest BCUT2D eigenvalue weighted by Gasteiger charge is -2.20. The molecule has 5 nitrogen and oxygen atoms in total. The van der Waals surface area contributed by atoms with Gasteiger partial charge in [-0.05, 0) is 43.0 Å². The minimum Gasteiger partial charge on any atom is -0.312 e. The van der Waals surface area contributed by atoms with Crippen LogP contribution in [0.1, 0.15) is 45.1 Å². The quantitative estimate of drug-likeness (QED) is 0.919. The van der Waals surface area contributed by atoms with Crippen molar-refractivity contribution in [3.8, 4) is 0 Å². The minimum atomic E-state index is -3.30. The molecule has 23 heavy (non-hydrogen) atoms. The molecule has 3 rings (SSSR count). The van der Waals surface area contributed by atoms with Crippen LogP contribution < -0.4 is 9.62 Å². The van der Waals surface area contributed by atoms with Gasteiger partial charge in [0.25, 0.3) is 0 Å². The van der Waals surface area contributed by atoms with Gasteiger partial charge in [0.15, 0.2) is 0 Å². The van der Waals surface area contributed by atoms with Crippen molar-refractivity contribution in [3.05, 3.63) is 23.8 Å². The SMILES string of the molecule is CC(C)C(=O)N1CCc2cc(NS(=O)(=O)C3CCCC3)ccc21. The molecule has 1 aromatic carbocycles. The summed E-state index contributed by atoms with van der Waals surface area (Å²) in [6.45, 7) is 4.46. The van der Waals surface area contributed by atoms with Gasteiger partial charge in [-0.25, -0.2) is 8.42 Å². The third-order valence-corrected chi connectivity index (χ3v) is 6.61. The van der Waals surface area contributed by atoms with Gasteiger partial charge in [0, 0.05) is 23.8 Å². The van der Waals surface area contributed by atoms with E-state index in [9.17, 15) is 13.2 Å². The van der Waals surface area contributed by atoms with Gasteiger partial charge in [-0.15, -0.1) is 0 Å². The number of rotatable bonds is 4. The fourth-order valence-corrected chi connectivity index (χ4v) is 5.03. The number of benzene rings is 1. The molecule has 126 valence electrons. The normalized spacial score (nSPS) is 18.5. The first-order chi connectivity index (χ1) is 10.9. The summed E-state index contributed by atoms with van der Waals surface area (Å²) in [7, 11) is -3.30. The Morgan fingerprint density at radius 2 is 1.96 bits per heavy atom. The Hall–Kier alpha value is -1.56. The maximum Gasteiger partial charge on any atom is 0.235 e. The number of carbonyl (C=O) groups is 1. The summed E-state index contributed by atoms with van der Waals surface area (Å²) in [4.78, 5) is 14.0. The van der Waals surface area contributed by atoms with Gasteiger partial charge in [-0.3, -0.25) is 9.52 Å². The largest absolute Gasteiger partial charge is 0.312 e. The average molecular weight is 336 g/mol. The van der Waals surface area contributed by atoms with Crippen LogP contribution in [0.4, 0.5) is 11.4 Å². The van der Waals surface area contributed by atoms with E-state index in [-0.39, 0.29) is 17.1 Å². The maximum absolute atomic E-state index is 12.4. The fourth-order valence-electron chi connectivity index (χ4n) is 3.45. The van der Waals surface area contributed by atoms with E-state index < -0.39 is 10.0 Å². The van der Waals surface area contributed by atoms with E-state index in [1.54, 1.807) is 11.0 Å². The molecule has 1 aliphatic heterocycles. The van der Waals surface area contributed by atoms with Crippen molar-refractivity contribution in [1.82, 2.24) is 0 Å². The van der Waals surface area contributed by atoms with Gasteiger partial charge < -0.3 is 4.90 Å². The maximum atomic E-state index is 12.4. The summed E-state index contributed by atoms with van der Waals surface area (Å²) in [5.41, 5.74) is 2.55. The molecule has 2 aliphatic rings. The standard InChI is InChI=1S/C17H24N2O3S/c1-12(2)17(20)19-10-9-13-11-14(7-8-16(13)19)18-23(21,22)15-5-3-4-6-15/h7-8,11-12,15,18H,3-6,9-10H2,1-2H3. The number of hydrogen-bond acceptors (Lipinski definition) is 3. The summed E-state index contributed by atoms with van der Waals surface area (Å²) < 4.78 is 27.5. The summed E-state index contributed by atoms with van der Waals surface area (Å²) >= 11 is 0. The Kier molecular flexibility index (Phi) is 4.36. The first-order valence-corrected chi connectivity index (χ1v) is 9.89. The Labute approximate surface area is 138 Å². The molecule has 0 radical (unpaired) electrons. The zero-order chi connectivity index (χ0) is 16.6. The molecule has 0 saturated heterocycles. The number of fused-ring (bicyclic) bond motifs is 1. The smallest absolute Gasteiger partial charge is 0.235 e. The number of anilines is 2. The summed E-state index contributed by atoms with van der Waals surface area (Å²) in [6.07, 6.45) is 4.24. The van der Waals surface area contributed by atoms with Gasteiger partial charge in [-0.2, -0.15) is 0 Å². The molecule has 1 aliphatic carbocycles. The Morgan fingerprint density at radius 3 is 2.61 bits per heavy atom. The van der Waals surface area contributed by atoms with Crippen molar-refractivity contribution < 1.29 is 13.2 Å². The highest BCUT2D eigenvalue weighted by Crippen LogP contribution is 2.33. The zero-order valence-electron chi connectivity index (χ0n) is 13.7.